The first-order chi connectivity index (χ1) is 15.1. The summed E-state index contributed by atoms with van der Waals surface area (Å²) in [6.45, 7) is -0.440. The summed E-state index contributed by atoms with van der Waals surface area (Å²) in [5, 5.41) is 34.0. The van der Waals surface area contributed by atoms with E-state index in [9.17, 15) is 19.9 Å². The fraction of sp³-hybridized carbons (Fsp3) is 0.353. The number of anilines is 1. The molecule has 0 radical (unpaired) electrons. The molecule has 1 saturated heterocycles. The summed E-state index contributed by atoms with van der Waals surface area (Å²) in [5.74, 6) is 0.389. The van der Waals surface area contributed by atoms with Gasteiger partial charge in [0.15, 0.2) is 23.2 Å². The number of hydrogen-bond donors (Lipinski definition) is 6. The number of rotatable bonds is 7. The van der Waals surface area contributed by atoms with Gasteiger partial charge in [0.25, 0.3) is 0 Å². The number of phosphoric ester groups is 1. The van der Waals surface area contributed by atoms with Crippen LogP contribution < -0.4 is 5.32 Å². The van der Waals surface area contributed by atoms with E-state index in [2.05, 4.69) is 24.8 Å². The summed E-state index contributed by atoms with van der Waals surface area (Å²) in [6, 6.07) is 4.63. The summed E-state index contributed by atoms with van der Waals surface area (Å²) in [4.78, 5) is 30.2. The highest BCUT2D eigenvalue weighted by Crippen LogP contribution is 2.39. The lowest BCUT2D eigenvalue weighted by atomic mass is 10.1. The molecular formula is C17H19ClN5O8P. The summed E-state index contributed by atoms with van der Waals surface area (Å²) in [5.41, 5.74) is 1.13. The maximum atomic E-state index is 10.9. The zero-order chi connectivity index (χ0) is 23.0. The zero-order valence-corrected chi connectivity index (χ0v) is 17.8. The van der Waals surface area contributed by atoms with Crippen LogP contribution in [0.3, 0.4) is 0 Å². The van der Waals surface area contributed by atoms with Gasteiger partial charge in [0.2, 0.25) is 0 Å². The number of aliphatic hydroxyl groups is 2. The molecule has 13 nitrogen and oxygen atoms in total. The monoisotopic (exact) mass is 487 g/mol. The number of hydrogen-bond acceptors (Lipinski definition) is 10. The Balaban J connectivity index is 1.55. The number of nitrogens with zero attached hydrogens (tertiary/aromatic N) is 4. The van der Waals surface area contributed by atoms with Crippen LogP contribution in [0.25, 0.3) is 11.2 Å². The number of halogens is 1. The summed E-state index contributed by atoms with van der Waals surface area (Å²) in [6.07, 6.45) is -2.65. The largest absolute Gasteiger partial charge is 0.508 e. The lowest BCUT2D eigenvalue weighted by molar-refractivity contribution is -0.0504. The minimum Gasteiger partial charge on any atom is -0.508 e. The van der Waals surface area contributed by atoms with Crippen LogP contribution in [0.5, 0.6) is 5.75 Å². The van der Waals surface area contributed by atoms with E-state index >= 15 is 0 Å². The minimum absolute atomic E-state index is 0.0535. The van der Waals surface area contributed by atoms with Crippen molar-refractivity contribution in [2.75, 3.05) is 11.9 Å². The fourth-order valence-electron chi connectivity index (χ4n) is 3.31. The van der Waals surface area contributed by atoms with Gasteiger partial charge in [-0.15, -0.1) is 0 Å². The maximum absolute atomic E-state index is 10.9. The Bertz CT molecular complexity index is 1170. The molecule has 0 amide bonds. The van der Waals surface area contributed by atoms with Crippen molar-refractivity contribution in [3.63, 3.8) is 0 Å². The average molecular weight is 488 g/mol. The Kier molecular flexibility index (Phi) is 6.34. The normalized spacial score (nSPS) is 23.7. The molecule has 15 heteroatoms. The number of fused-ring (bicyclic) bond motifs is 1. The Morgan fingerprint density at radius 3 is 2.75 bits per heavy atom. The highest BCUT2D eigenvalue weighted by molar-refractivity contribution is 7.46. The van der Waals surface area contributed by atoms with Crippen molar-refractivity contribution in [1.29, 1.82) is 0 Å². The Morgan fingerprint density at radius 1 is 1.22 bits per heavy atom. The molecule has 172 valence electrons. The summed E-state index contributed by atoms with van der Waals surface area (Å²) in [7, 11) is -4.78. The lowest BCUT2D eigenvalue weighted by Crippen LogP contribution is -2.33. The Labute approximate surface area is 185 Å². The number of benzene rings is 1. The maximum Gasteiger partial charge on any atom is 0.469 e. The van der Waals surface area contributed by atoms with Crippen LogP contribution >= 0.6 is 19.4 Å². The first-order valence-corrected chi connectivity index (χ1v) is 11.2. The van der Waals surface area contributed by atoms with Crippen LogP contribution in [0.4, 0.5) is 5.82 Å². The smallest absolute Gasteiger partial charge is 0.469 e. The highest BCUT2D eigenvalue weighted by Gasteiger charge is 2.45. The first-order valence-electron chi connectivity index (χ1n) is 9.24. The second kappa shape index (κ2) is 8.89. The number of phenols is 1. The predicted molar refractivity (Wildman–Crippen MR) is 110 cm³/mol. The van der Waals surface area contributed by atoms with Crippen molar-refractivity contribution in [3.8, 4) is 5.75 Å². The fourth-order valence-corrected chi connectivity index (χ4v) is 3.85. The Hall–Kier alpha value is -2.35. The molecule has 0 saturated carbocycles. The van der Waals surface area contributed by atoms with Gasteiger partial charge < -0.3 is 35.2 Å². The molecule has 3 aromatic rings. The molecule has 1 fully saturated rings. The number of aromatic hydroxyl groups is 1. The molecular weight excluding hydrogens is 469 g/mol. The van der Waals surface area contributed by atoms with Gasteiger partial charge in [-0.1, -0.05) is 11.6 Å². The molecule has 0 unspecified atom stereocenters. The van der Waals surface area contributed by atoms with Crippen LogP contribution in [0, 0.1) is 0 Å². The quantitative estimate of drug-likeness (QED) is 0.253. The molecule has 4 atom stereocenters. The van der Waals surface area contributed by atoms with E-state index in [0.717, 1.165) is 0 Å². The lowest BCUT2D eigenvalue weighted by Gasteiger charge is -2.16. The zero-order valence-electron chi connectivity index (χ0n) is 16.2. The van der Waals surface area contributed by atoms with Crippen molar-refractivity contribution < 1.29 is 38.9 Å². The number of nitrogens with one attached hydrogen (secondary N) is 1. The van der Waals surface area contributed by atoms with Crippen molar-refractivity contribution in [2.24, 2.45) is 0 Å². The topological polar surface area (TPSA) is 192 Å². The van der Waals surface area contributed by atoms with Gasteiger partial charge in [-0.3, -0.25) is 9.09 Å². The van der Waals surface area contributed by atoms with Gasteiger partial charge >= 0.3 is 7.82 Å². The average Bonchev–Trinajstić information content (AvgIpc) is 3.28. The van der Waals surface area contributed by atoms with E-state index in [-0.39, 0.29) is 17.9 Å². The van der Waals surface area contributed by atoms with Crippen molar-refractivity contribution in [3.05, 3.63) is 41.4 Å². The number of phenolic OH excluding ortho intramolecular Hbond substituents is 1. The van der Waals surface area contributed by atoms with Crippen LogP contribution in [-0.2, 0) is 20.4 Å². The van der Waals surface area contributed by atoms with Gasteiger partial charge in [-0.05, 0) is 18.2 Å². The van der Waals surface area contributed by atoms with Gasteiger partial charge in [-0.25, -0.2) is 19.5 Å². The summed E-state index contributed by atoms with van der Waals surface area (Å²) >= 11 is 5.96. The molecule has 1 aromatic carbocycles. The molecule has 4 rings (SSSR count). The van der Waals surface area contributed by atoms with Gasteiger partial charge in [0.05, 0.1) is 12.9 Å². The third kappa shape index (κ3) is 4.70. The van der Waals surface area contributed by atoms with Gasteiger partial charge in [-0.2, -0.15) is 0 Å². The molecule has 6 N–H and O–H groups in total. The first kappa shape index (κ1) is 22.8. The second-order valence-electron chi connectivity index (χ2n) is 7.01. The van der Waals surface area contributed by atoms with Gasteiger partial charge in [0.1, 0.15) is 30.4 Å². The molecule has 32 heavy (non-hydrogen) atoms. The standard InChI is InChI=1S/C17H19ClN5O8P/c18-9-1-2-10(24)8(3-9)4-19-15-12-16(21-6-20-15)23(7-22-12)17-14(26)13(25)11(31-17)5-30-32(27,28)29/h1-3,6-7,11,13-14,17,24-26H,4-5H2,(H,19,20,21)(H2,27,28,29)/t11-,13-,14-,17-/m1/s1. The van der Waals surface area contributed by atoms with E-state index in [1.807, 2.05) is 0 Å². The molecule has 2 aromatic heterocycles. The summed E-state index contributed by atoms with van der Waals surface area (Å²) < 4.78 is 22.2. The molecule has 0 bridgehead atoms. The molecule has 0 aliphatic carbocycles. The van der Waals surface area contributed by atoms with E-state index < -0.39 is 39.0 Å². The SMILES string of the molecule is O=P(O)(O)OC[C@H]1O[C@@H](n2cnc3c(NCc4cc(Cl)ccc4O)ncnc32)[C@H](O)[C@@H]1O. The number of imidazole rings is 1. The van der Waals surface area contributed by atoms with E-state index in [1.165, 1.54) is 23.3 Å². The third-order valence-electron chi connectivity index (χ3n) is 4.86. The highest BCUT2D eigenvalue weighted by atomic mass is 35.5. The minimum atomic E-state index is -4.78. The third-order valence-corrected chi connectivity index (χ3v) is 5.59. The van der Waals surface area contributed by atoms with E-state index in [0.29, 0.717) is 21.9 Å². The Morgan fingerprint density at radius 2 is 2.00 bits per heavy atom. The van der Waals surface area contributed by atoms with Crippen molar-refractivity contribution in [1.82, 2.24) is 19.5 Å². The van der Waals surface area contributed by atoms with E-state index in [4.69, 9.17) is 26.1 Å². The van der Waals surface area contributed by atoms with Crippen LogP contribution in [-0.4, -0.2) is 69.5 Å². The van der Waals surface area contributed by atoms with Crippen LogP contribution in [0.15, 0.2) is 30.9 Å². The predicted octanol–water partition coefficient (Wildman–Crippen LogP) is 0.526. The number of aromatic nitrogens is 4. The second-order valence-corrected chi connectivity index (χ2v) is 8.68. The molecule has 1 aliphatic rings. The van der Waals surface area contributed by atoms with E-state index in [1.54, 1.807) is 12.1 Å². The molecule has 1 aliphatic heterocycles. The molecule has 3 heterocycles. The number of ether oxygens (including phenoxy) is 1. The van der Waals surface area contributed by atoms with Crippen molar-refractivity contribution >= 4 is 36.4 Å². The van der Waals surface area contributed by atoms with Crippen LogP contribution in [0.1, 0.15) is 11.8 Å². The van der Waals surface area contributed by atoms with Crippen molar-refractivity contribution in [2.45, 2.75) is 31.1 Å². The van der Waals surface area contributed by atoms with Crippen LogP contribution in [0.2, 0.25) is 5.02 Å². The van der Waals surface area contributed by atoms with Gasteiger partial charge in [0, 0.05) is 17.1 Å². The number of aliphatic hydroxyl groups excluding tert-OH is 2. The number of phosphoric acid groups is 1. The molecule has 0 spiro atoms.